The minimum Gasteiger partial charge on any atom is -0.469 e. The van der Waals surface area contributed by atoms with Crippen LogP contribution in [0.15, 0.2) is 59.5 Å². The SMILES string of the molecule is CC(C)n1cnnc1CN(C)C(=O)NCC[C@H](c1ccccc1)c1ccco1. The second-order valence-electron chi connectivity index (χ2n) is 7.10. The van der Waals surface area contributed by atoms with Crippen molar-refractivity contribution >= 4 is 6.03 Å². The van der Waals surface area contributed by atoms with Gasteiger partial charge in [-0.15, -0.1) is 10.2 Å². The lowest BCUT2D eigenvalue weighted by Gasteiger charge is -2.20. The van der Waals surface area contributed by atoms with Crippen molar-refractivity contribution in [1.82, 2.24) is 25.0 Å². The van der Waals surface area contributed by atoms with E-state index in [0.29, 0.717) is 13.1 Å². The Balaban J connectivity index is 1.56. The Morgan fingerprint density at radius 2 is 2.00 bits per heavy atom. The maximum atomic E-state index is 12.5. The maximum Gasteiger partial charge on any atom is 0.317 e. The molecule has 0 saturated carbocycles. The number of furan rings is 1. The second kappa shape index (κ2) is 9.21. The van der Waals surface area contributed by atoms with E-state index < -0.39 is 0 Å². The predicted octanol–water partition coefficient (Wildman–Crippen LogP) is 3.82. The number of carbonyl (C=O) groups excluding carboxylic acids is 1. The second-order valence-corrected chi connectivity index (χ2v) is 7.10. The standard InChI is InChI=1S/C21H27N5O2/c1-16(2)26-15-23-24-20(26)14-25(3)21(27)22-12-11-18(19-10-7-13-28-19)17-8-5-4-6-9-17/h4-10,13,15-16,18H,11-12,14H2,1-3H3,(H,22,27)/t18-/m1/s1. The van der Waals surface area contributed by atoms with Gasteiger partial charge in [0.1, 0.15) is 12.1 Å². The zero-order valence-corrected chi connectivity index (χ0v) is 16.6. The summed E-state index contributed by atoms with van der Waals surface area (Å²) >= 11 is 0. The van der Waals surface area contributed by atoms with E-state index in [1.165, 1.54) is 5.56 Å². The van der Waals surface area contributed by atoms with Gasteiger partial charge in [0.2, 0.25) is 0 Å². The Labute approximate surface area is 165 Å². The number of nitrogens with one attached hydrogen (secondary N) is 1. The molecule has 0 bridgehead atoms. The van der Waals surface area contributed by atoms with Gasteiger partial charge in [-0.3, -0.25) is 0 Å². The summed E-state index contributed by atoms with van der Waals surface area (Å²) in [5.41, 5.74) is 1.17. The summed E-state index contributed by atoms with van der Waals surface area (Å²) in [5, 5.41) is 11.1. The minimum absolute atomic E-state index is 0.103. The van der Waals surface area contributed by atoms with Crippen LogP contribution < -0.4 is 5.32 Å². The smallest absolute Gasteiger partial charge is 0.317 e. The summed E-state index contributed by atoms with van der Waals surface area (Å²) in [6.07, 6.45) is 4.13. The van der Waals surface area contributed by atoms with Crippen molar-refractivity contribution in [1.29, 1.82) is 0 Å². The quantitative estimate of drug-likeness (QED) is 0.644. The van der Waals surface area contributed by atoms with Crippen LogP contribution in [0.5, 0.6) is 0 Å². The molecule has 2 aromatic heterocycles. The number of benzene rings is 1. The number of nitrogens with zero attached hydrogens (tertiary/aromatic N) is 4. The molecule has 3 aromatic rings. The summed E-state index contributed by atoms with van der Waals surface area (Å²) < 4.78 is 7.58. The van der Waals surface area contributed by atoms with Crippen molar-refractivity contribution in [3.8, 4) is 0 Å². The van der Waals surface area contributed by atoms with Gasteiger partial charge in [0.15, 0.2) is 5.82 Å². The van der Waals surface area contributed by atoms with Gasteiger partial charge in [0.05, 0.1) is 12.8 Å². The molecule has 7 heteroatoms. The monoisotopic (exact) mass is 381 g/mol. The van der Waals surface area contributed by atoms with E-state index >= 15 is 0 Å². The molecule has 7 nitrogen and oxygen atoms in total. The molecule has 28 heavy (non-hydrogen) atoms. The van der Waals surface area contributed by atoms with Gasteiger partial charge in [-0.2, -0.15) is 0 Å². The third-order valence-corrected chi connectivity index (χ3v) is 4.73. The van der Waals surface area contributed by atoms with Crippen molar-refractivity contribution < 1.29 is 9.21 Å². The molecule has 148 valence electrons. The average molecular weight is 381 g/mol. The van der Waals surface area contributed by atoms with Crippen molar-refractivity contribution in [2.75, 3.05) is 13.6 Å². The van der Waals surface area contributed by atoms with Gasteiger partial charge in [0.25, 0.3) is 0 Å². The molecule has 0 aliphatic rings. The zero-order valence-electron chi connectivity index (χ0n) is 16.6. The van der Waals surface area contributed by atoms with Gasteiger partial charge in [0, 0.05) is 25.6 Å². The van der Waals surface area contributed by atoms with Crippen LogP contribution in [-0.4, -0.2) is 39.3 Å². The molecule has 0 saturated heterocycles. The number of amides is 2. The van der Waals surface area contributed by atoms with Gasteiger partial charge in [-0.1, -0.05) is 30.3 Å². The molecule has 3 rings (SSSR count). The third-order valence-electron chi connectivity index (χ3n) is 4.73. The fourth-order valence-corrected chi connectivity index (χ4v) is 3.20. The summed E-state index contributed by atoms with van der Waals surface area (Å²) in [7, 11) is 1.76. The molecule has 0 aliphatic heterocycles. The van der Waals surface area contributed by atoms with Crippen LogP contribution in [0.25, 0.3) is 0 Å². The summed E-state index contributed by atoms with van der Waals surface area (Å²) in [5.74, 6) is 1.77. The van der Waals surface area contributed by atoms with E-state index in [2.05, 4.69) is 41.5 Å². The predicted molar refractivity (Wildman–Crippen MR) is 107 cm³/mol. The summed E-state index contributed by atoms with van der Waals surface area (Å²) in [6.45, 7) is 5.07. The normalized spacial score (nSPS) is 12.1. The van der Waals surface area contributed by atoms with Crippen LogP contribution in [0.1, 0.15) is 49.4 Å². The van der Waals surface area contributed by atoms with Crippen molar-refractivity contribution in [3.05, 3.63) is 72.2 Å². The van der Waals surface area contributed by atoms with E-state index in [4.69, 9.17) is 4.42 Å². The van der Waals surface area contributed by atoms with E-state index in [1.54, 1.807) is 24.5 Å². The molecule has 0 unspecified atom stereocenters. The van der Waals surface area contributed by atoms with Crippen LogP contribution in [-0.2, 0) is 6.54 Å². The van der Waals surface area contributed by atoms with Crippen LogP contribution in [0.2, 0.25) is 0 Å². The Kier molecular flexibility index (Phi) is 6.47. The molecule has 1 aromatic carbocycles. The van der Waals surface area contributed by atoms with Crippen LogP contribution in [0, 0.1) is 0 Å². The van der Waals surface area contributed by atoms with Crippen molar-refractivity contribution in [2.45, 2.75) is 38.8 Å². The van der Waals surface area contributed by atoms with Crippen LogP contribution in [0.4, 0.5) is 4.79 Å². The fourth-order valence-electron chi connectivity index (χ4n) is 3.20. The number of urea groups is 1. The molecular weight excluding hydrogens is 354 g/mol. The topological polar surface area (TPSA) is 76.2 Å². The number of hydrogen-bond acceptors (Lipinski definition) is 4. The van der Waals surface area contributed by atoms with Crippen LogP contribution in [0.3, 0.4) is 0 Å². The molecule has 2 heterocycles. The largest absolute Gasteiger partial charge is 0.469 e. The van der Waals surface area contributed by atoms with E-state index in [1.807, 2.05) is 34.9 Å². The number of rotatable bonds is 8. The first-order chi connectivity index (χ1) is 13.6. The molecule has 0 radical (unpaired) electrons. The first-order valence-electron chi connectivity index (χ1n) is 9.52. The Morgan fingerprint density at radius 3 is 2.68 bits per heavy atom. The average Bonchev–Trinajstić information content (AvgIpc) is 3.37. The molecule has 2 amide bonds. The highest BCUT2D eigenvalue weighted by molar-refractivity contribution is 5.73. The number of aromatic nitrogens is 3. The number of carbonyl (C=O) groups is 1. The Bertz CT molecular complexity index is 858. The Hall–Kier alpha value is -3.09. The molecule has 1 atom stereocenters. The van der Waals surface area contributed by atoms with Crippen LogP contribution >= 0.6 is 0 Å². The third kappa shape index (κ3) is 4.79. The van der Waals surface area contributed by atoms with Crippen molar-refractivity contribution in [3.63, 3.8) is 0 Å². The van der Waals surface area contributed by atoms with E-state index in [9.17, 15) is 4.79 Å². The van der Waals surface area contributed by atoms with Gasteiger partial charge < -0.3 is 19.2 Å². The lowest BCUT2D eigenvalue weighted by atomic mass is 9.93. The van der Waals surface area contributed by atoms with Gasteiger partial charge in [-0.25, -0.2) is 4.79 Å². The zero-order chi connectivity index (χ0) is 19.9. The molecular formula is C21H27N5O2. The maximum absolute atomic E-state index is 12.5. The van der Waals surface area contributed by atoms with Gasteiger partial charge >= 0.3 is 6.03 Å². The highest BCUT2D eigenvalue weighted by Gasteiger charge is 2.18. The summed E-state index contributed by atoms with van der Waals surface area (Å²) in [6, 6.07) is 14.2. The first kappa shape index (κ1) is 19.7. The fraction of sp³-hybridized carbons (Fsp3) is 0.381. The van der Waals surface area contributed by atoms with Gasteiger partial charge in [-0.05, 0) is 38.0 Å². The summed E-state index contributed by atoms with van der Waals surface area (Å²) in [4.78, 5) is 14.1. The van der Waals surface area contributed by atoms with E-state index in [0.717, 1.165) is 18.0 Å². The van der Waals surface area contributed by atoms with E-state index in [-0.39, 0.29) is 18.0 Å². The molecule has 0 fully saturated rings. The molecule has 0 aliphatic carbocycles. The lowest BCUT2D eigenvalue weighted by Crippen LogP contribution is -2.38. The van der Waals surface area contributed by atoms with Crippen molar-refractivity contribution in [2.24, 2.45) is 0 Å². The highest BCUT2D eigenvalue weighted by Crippen LogP contribution is 2.27. The Morgan fingerprint density at radius 1 is 1.21 bits per heavy atom. The lowest BCUT2D eigenvalue weighted by molar-refractivity contribution is 0.204. The number of hydrogen-bond donors (Lipinski definition) is 1. The first-order valence-corrected chi connectivity index (χ1v) is 9.52. The molecule has 0 spiro atoms. The highest BCUT2D eigenvalue weighted by atomic mass is 16.3. The molecule has 1 N–H and O–H groups in total. The minimum atomic E-state index is -0.135.